The Balaban J connectivity index is 1.83. The number of nitrogens with one attached hydrogen (secondary N) is 1. The van der Waals surface area contributed by atoms with E-state index >= 15 is 0 Å². The number of aromatic nitrogens is 1. The predicted molar refractivity (Wildman–Crippen MR) is 119 cm³/mol. The van der Waals surface area contributed by atoms with Crippen molar-refractivity contribution in [1.29, 1.82) is 0 Å². The van der Waals surface area contributed by atoms with Gasteiger partial charge in [0.25, 0.3) is 15.7 Å². The second-order valence-corrected chi connectivity index (χ2v) is 8.78. The van der Waals surface area contributed by atoms with Crippen molar-refractivity contribution in [1.82, 2.24) is 9.47 Å². The largest absolute Gasteiger partial charge is 0.342 e. The maximum atomic E-state index is 12.7. The summed E-state index contributed by atoms with van der Waals surface area (Å²) in [6, 6.07) is 10.5. The van der Waals surface area contributed by atoms with Crippen LogP contribution in [-0.2, 0) is 21.4 Å². The molecule has 3 rings (SSSR count). The van der Waals surface area contributed by atoms with Gasteiger partial charge in [-0.05, 0) is 57.2 Å². The normalized spacial score (nSPS) is 11.5. The minimum atomic E-state index is -3.92. The second kappa shape index (κ2) is 8.76. The van der Waals surface area contributed by atoms with Gasteiger partial charge in [0.05, 0.1) is 9.82 Å². The number of sulfonamides is 1. The molecule has 1 amide bonds. The molecule has 1 aromatic heterocycles. The molecule has 0 saturated heterocycles. The molecule has 1 N–H and O–H groups in total. The average Bonchev–Trinajstić information content (AvgIpc) is 3.10. The number of benzene rings is 2. The molecule has 0 atom stereocenters. The first-order chi connectivity index (χ1) is 14.7. The monoisotopic (exact) mass is 444 g/mol. The highest BCUT2D eigenvalue weighted by Crippen LogP contribution is 2.25. The molecule has 0 aliphatic rings. The number of rotatable bonds is 8. The highest BCUT2D eigenvalue weighted by Gasteiger charge is 2.19. The number of nitrogens with zero attached hydrogens (tertiary/aromatic N) is 3. The van der Waals surface area contributed by atoms with Gasteiger partial charge in [0.2, 0.25) is 5.91 Å². The first kappa shape index (κ1) is 22.3. The van der Waals surface area contributed by atoms with Crippen molar-refractivity contribution in [3.8, 4) is 0 Å². The van der Waals surface area contributed by atoms with Gasteiger partial charge in [0.15, 0.2) is 0 Å². The number of carbonyl (C=O) groups is 1. The number of hydrogen-bond donors (Lipinski definition) is 1. The zero-order valence-electron chi connectivity index (χ0n) is 17.5. The maximum absolute atomic E-state index is 12.7. The number of fused-ring (bicyclic) bond motifs is 1. The number of likely N-dealkylation sites (N-methyl/N-ethyl adjacent to an activating group) is 1. The Morgan fingerprint density at radius 1 is 1.13 bits per heavy atom. The number of anilines is 1. The van der Waals surface area contributed by atoms with Crippen LogP contribution in [0.3, 0.4) is 0 Å². The fraction of sp³-hybridized carbons (Fsp3) is 0.286. The van der Waals surface area contributed by atoms with Crippen LogP contribution in [0.15, 0.2) is 53.6 Å². The Kier molecular flexibility index (Phi) is 6.30. The second-order valence-electron chi connectivity index (χ2n) is 7.09. The summed E-state index contributed by atoms with van der Waals surface area (Å²) in [5.41, 5.74) is 1.30. The minimum absolute atomic E-state index is 0.0146. The van der Waals surface area contributed by atoms with Crippen molar-refractivity contribution in [3.63, 3.8) is 0 Å². The van der Waals surface area contributed by atoms with Crippen molar-refractivity contribution in [3.05, 3.63) is 64.3 Å². The van der Waals surface area contributed by atoms with Gasteiger partial charge in [-0.1, -0.05) is 0 Å². The highest BCUT2D eigenvalue weighted by molar-refractivity contribution is 7.92. The number of aryl methyl sites for hydroxylation is 1. The van der Waals surface area contributed by atoms with Gasteiger partial charge < -0.3 is 9.47 Å². The van der Waals surface area contributed by atoms with Crippen LogP contribution in [-0.4, -0.2) is 41.8 Å². The van der Waals surface area contributed by atoms with Gasteiger partial charge in [0.1, 0.15) is 6.54 Å². The van der Waals surface area contributed by atoms with Gasteiger partial charge in [-0.25, -0.2) is 8.42 Å². The van der Waals surface area contributed by atoms with E-state index in [1.807, 2.05) is 24.5 Å². The molecule has 0 fully saturated rings. The van der Waals surface area contributed by atoms with Gasteiger partial charge in [0, 0.05) is 47.5 Å². The van der Waals surface area contributed by atoms with Crippen LogP contribution in [0.5, 0.6) is 0 Å². The summed E-state index contributed by atoms with van der Waals surface area (Å²) >= 11 is 0. The molecular formula is C21H24N4O5S. The van der Waals surface area contributed by atoms with Crippen LogP contribution in [0.25, 0.3) is 10.9 Å². The Hall–Kier alpha value is -3.40. The minimum Gasteiger partial charge on any atom is -0.342 e. The van der Waals surface area contributed by atoms with Gasteiger partial charge in [-0.15, -0.1) is 0 Å². The summed E-state index contributed by atoms with van der Waals surface area (Å²) < 4.78 is 29.8. The quantitative estimate of drug-likeness (QED) is 0.422. The summed E-state index contributed by atoms with van der Waals surface area (Å²) in [7, 11) is -3.92. The molecule has 0 aliphatic carbocycles. The molecule has 0 saturated carbocycles. The summed E-state index contributed by atoms with van der Waals surface area (Å²) in [6.45, 7) is 6.84. The number of amides is 1. The maximum Gasteiger partial charge on any atom is 0.272 e. The molecule has 1 heterocycles. The molecule has 164 valence electrons. The summed E-state index contributed by atoms with van der Waals surface area (Å²) in [4.78, 5) is 24.5. The van der Waals surface area contributed by atoms with Crippen LogP contribution < -0.4 is 4.72 Å². The molecule has 0 spiro atoms. The molecule has 31 heavy (non-hydrogen) atoms. The molecule has 9 nitrogen and oxygen atoms in total. The fourth-order valence-corrected chi connectivity index (χ4v) is 4.57. The fourth-order valence-electron chi connectivity index (χ4n) is 3.44. The van der Waals surface area contributed by atoms with Crippen LogP contribution in [0.2, 0.25) is 0 Å². The van der Waals surface area contributed by atoms with Crippen LogP contribution in [0, 0.1) is 17.0 Å². The van der Waals surface area contributed by atoms with E-state index in [4.69, 9.17) is 0 Å². The predicted octanol–water partition coefficient (Wildman–Crippen LogP) is 3.53. The molecular weight excluding hydrogens is 420 g/mol. The van der Waals surface area contributed by atoms with E-state index in [2.05, 4.69) is 4.72 Å². The van der Waals surface area contributed by atoms with E-state index in [-0.39, 0.29) is 28.6 Å². The van der Waals surface area contributed by atoms with E-state index in [1.165, 1.54) is 25.1 Å². The SMILES string of the molecule is CCN(CC)C(=O)Cn1ccc2cc(NS(=O)(=O)c3ccc([N+](=O)[O-])c(C)c3)ccc21. The van der Waals surface area contributed by atoms with Crippen molar-refractivity contribution >= 4 is 38.2 Å². The van der Waals surface area contributed by atoms with Gasteiger partial charge in [-0.2, -0.15) is 0 Å². The molecule has 10 heteroatoms. The third-order valence-corrected chi connectivity index (χ3v) is 6.50. The highest BCUT2D eigenvalue weighted by atomic mass is 32.2. The number of nitro groups is 1. The van der Waals surface area contributed by atoms with Crippen molar-refractivity contribution in [2.75, 3.05) is 17.8 Å². The lowest BCUT2D eigenvalue weighted by Crippen LogP contribution is -2.33. The van der Waals surface area contributed by atoms with Gasteiger partial charge >= 0.3 is 0 Å². The Morgan fingerprint density at radius 3 is 2.45 bits per heavy atom. The Bertz CT molecular complexity index is 1250. The molecule has 0 radical (unpaired) electrons. The standard InChI is InChI=1S/C21H24N4O5S/c1-4-23(5-2)21(26)14-24-11-10-16-13-17(6-8-20(16)24)22-31(29,30)18-7-9-19(25(27)28)15(3)12-18/h6-13,22H,4-5,14H2,1-3H3. The lowest BCUT2D eigenvalue weighted by atomic mass is 10.2. The van der Waals surface area contributed by atoms with Gasteiger partial charge in [-0.3, -0.25) is 19.6 Å². The lowest BCUT2D eigenvalue weighted by Gasteiger charge is -2.19. The molecule has 2 aromatic carbocycles. The smallest absolute Gasteiger partial charge is 0.272 e. The molecule has 0 aliphatic heterocycles. The topological polar surface area (TPSA) is 115 Å². The van der Waals surface area contributed by atoms with Crippen LogP contribution in [0.1, 0.15) is 19.4 Å². The average molecular weight is 445 g/mol. The third kappa shape index (κ3) is 4.69. The summed E-state index contributed by atoms with van der Waals surface area (Å²) in [6.07, 6.45) is 1.80. The van der Waals surface area contributed by atoms with E-state index in [0.29, 0.717) is 18.8 Å². The van der Waals surface area contributed by atoms with E-state index in [0.717, 1.165) is 10.9 Å². The van der Waals surface area contributed by atoms with E-state index in [9.17, 15) is 23.3 Å². The first-order valence-electron chi connectivity index (χ1n) is 9.80. The van der Waals surface area contributed by atoms with Crippen LogP contribution in [0.4, 0.5) is 11.4 Å². The zero-order valence-corrected chi connectivity index (χ0v) is 18.3. The van der Waals surface area contributed by atoms with E-state index < -0.39 is 14.9 Å². The van der Waals surface area contributed by atoms with Crippen molar-refractivity contribution < 1.29 is 18.1 Å². The van der Waals surface area contributed by atoms with E-state index in [1.54, 1.807) is 29.3 Å². The zero-order chi connectivity index (χ0) is 22.8. The number of nitro benzene ring substituents is 1. The summed E-state index contributed by atoms with van der Waals surface area (Å²) in [5.74, 6) is 0.0146. The molecule has 0 unspecified atom stereocenters. The number of hydrogen-bond acceptors (Lipinski definition) is 5. The first-order valence-corrected chi connectivity index (χ1v) is 11.3. The van der Waals surface area contributed by atoms with Crippen molar-refractivity contribution in [2.24, 2.45) is 0 Å². The summed E-state index contributed by atoms with van der Waals surface area (Å²) in [5, 5.41) is 11.7. The number of carbonyl (C=O) groups excluding carboxylic acids is 1. The van der Waals surface area contributed by atoms with Crippen molar-refractivity contribution in [2.45, 2.75) is 32.2 Å². The Morgan fingerprint density at radius 2 is 1.84 bits per heavy atom. The lowest BCUT2D eigenvalue weighted by molar-refractivity contribution is -0.385. The third-order valence-electron chi connectivity index (χ3n) is 5.12. The Labute approximate surface area is 180 Å². The van der Waals surface area contributed by atoms with Crippen LogP contribution >= 0.6 is 0 Å². The molecule has 0 bridgehead atoms. The molecule has 3 aromatic rings.